The van der Waals surface area contributed by atoms with Crippen LogP contribution in [0.5, 0.6) is 0 Å². The zero-order valence-electron chi connectivity index (χ0n) is 20.2. The molecule has 184 valence electrons. The van der Waals surface area contributed by atoms with Crippen LogP contribution < -0.4 is 5.32 Å². The molecule has 6 aromatic rings. The van der Waals surface area contributed by atoms with Crippen LogP contribution in [0.25, 0.3) is 55.2 Å². The maximum atomic E-state index is 10.4. The number of benzene rings is 1. The van der Waals surface area contributed by atoms with Crippen molar-refractivity contribution < 1.29 is 5.11 Å². The van der Waals surface area contributed by atoms with Crippen LogP contribution in [-0.2, 0) is 0 Å². The van der Waals surface area contributed by atoms with Crippen LogP contribution in [0.15, 0.2) is 61.1 Å². The van der Waals surface area contributed by atoms with E-state index in [4.69, 9.17) is 4.98 Å². The van der Waals surface area contributed by atoms with Gasteiger partial charge in [0.05, 0.1) is 40.3 Å². The molecule has 0 bridgehead atoms. The molecule has 37 heavy (non-hydrogen) atoms. The van der Waals surface area contributed by atoms with Crippen molar-refractivity contribution in [1.82, 2.24) is 30.1 Å². The van der Waals surface area contributed by atoms with Gasteiger partial charge in [-0.3, -0.25) is 15.1 Å². The van der Waals surface area contributed by atoms with Crippen LogP contribution in [0.4, 0.5) is 5.69 Å². The monoisotopic (exact) mass is 507 g/mol. The van der Waals surface area contributed by atoms with Crippen LogP contribution in [0.1, 0.15) is 24.1 Å². The first-order chi connectivity index (χ1) is 18.1. The van der Waals surface area contributed by atoms with Crippen molar-refractivity contribution in [2.75, 3.05) is 5.32 Å². The predicted octanol–water partition coefficient (Wildman–Crippen LogP) is 6.13. The predicted molar refractivity (Wildman–Crippen MR) is 147 cm³/mol. The number of hydrogen-bond donors (Lipinski definition) is 4. The smallest absolute Gasteiger partial charge is 0.159 e. The zero-order valence-corrected chi connectivity index (χ0v) is 21.0. The van der Waals surface area contributed by atoms with Gasteiger partial charge in [0, 0.05) is 38.4 Å². The molecule has 1 aliphatic carbocycles. The van der Waals surface area contributed by atoms with Gasteiger partial charge in [-0.05, 0) is 50.1 Å². The number of imidazole rings is 1. The molecule has 7 rings (SSSR count). The van der Waals surface area contributed by atoms with Gasteiger partial charge < -0.3 is 15.4 Å². The Balaban J connectivity index is 1.26. The minimum atomic E-state index is -0.558. The summed E-state index contributed by atoms with van der Waals surface area (Å²) in [4.78, 5) is 19.9. The summed E-state index contributed by atoms with van der Waals surface area (Å²) in [5, 5.41) is 22.2. The summed E-state index contributed by atoms with van der Waals surface area (Å²) in [7, 11) is 0. The molecule has 0 aliphatic heterocycles. The summed E-state index contributed by atoms with van der Waals surface area (Å²) < 4.78 is 0. The highest BCUT2D eigenvalue weighted by Gasteiger charge is 2.25. The van der Waals surface area contributed by atoms with Crippen LogP contribution in [0.2, 0.25) is 0 Å². The minimum Gasteiger partial charge on any atom is -0.374 e. The topological polar surface area (TPSA) is 115 Å². The number of hydrogen-bond acceptors (Lipinski definition) is 7. The lowest BCUT2D eigenvalue weighted by Crippen LogP contribution is -2.33. The first kappa shape index (κ1) is 22.1. The molecule has 1 saturated carbocycles. The molecule has 0 saturated heterocycles. The number of para-hydroxylation sites is 1. The third kappa shape index (κ3) is 3.96. The number of aromatic nitrogens is 6. The van der Waals surface area contributed by atoms with Crippen molar-refractivity contribution in [1.29, 1.82) is 0 Å². The molecule has 0 amide bonds. The van der Waals surface area contributed by atoms with Gasteiger partial charge in [-0.2, -0.15) is 5.10 Å². The molecule has 4 N–H and O–H groups in total. The molecule has 1 atom stereocenters. The molecule has 1 aliphatic rings. The van der Waals surface area contributed by atoms with E-state index in [-0.39, 0.29) is 0 Å². The Hall–Kier alpha value is -4.08. The molecule has 0 radical (unpaired) electrons. The van der Waals surface area contributed by atoms with Crippen LogP contribution >= 0.6 is 11.3 Å². The SMILES string of the molecule is Cc1ccc(-c2cccc3[nH]c(-c4n[nH]c5cnc(-c6cncc(NC(O)C7CCC7)c6)cc45)nc23)s1. The fourth-order valence-electron chi connectivity index (χ4n) is 4.88. The minimum absolute atomic E-state index is 0.305. The summed E-state index contributed by atoms with van der Waals surface area (Å²) in [5.41, 5.74) is 6.99. The lowest BCUT2D eigenvalue weighted by Gasteiger charge is -2.31. The van der Waals surface area contributed by atoms with E-state index >= 15 is 0 Å². The van der Waals surface area contributed by atoms with Crippen molar-refractivity contribution in [3.8, 4) is 33.2 Å². The number of fused-ring (bicyclic) bond motifs is 2. The molecule has 5 heterocycles. The van der Waals surface area contributed by atoms with Crippen molar-refractivity contribution >= 4 is 39.0 Å². The average Bonchev–Trinajstić information content (AvgIpc) is 3.60. The van der Waals surface area contributed by atoms with Crippen molar-refractivity contribution in [3.05, 3.63) is 65.9 Å². The van der Waals surface area contributed by atoms with E-state index in [9.17, 15) is 5.11 Å². The Morgan fingerprint density at radius 1 is 1.08 bits per heavy atom. The van der Waals surface area contributed by atoms with E-state index in [0.29, 0.717) is 11.7 Å². The summed E-state index contributed by atoms with van der Waals surface area (Å²) in [5.74, 6) is 1.01. The van der Waals surface area contributed by atoms with Gasteiger partial charge in [0.2, 0.25) is 0 Å². The van der Waals surface area contributed by atoms with Gasteiger partial charge in [0.25, 0.3) is 0 Å². The number of aryl methyl sites for hydroxylation is 1. The average molecular weight is 508 g/mol. The molecular weight excluding hydrogens is 482 g/mol. The largest absolute Gasteiger partial charge is 0.374 e. The summed E-state index contributed by atoms with van der Waals surface area (Å²) >= 11 is 1.76. The first-order valence-electron chi connectivity index (χ1n) is 12.4. The van der Waals surface area contributed by atoms with Gasteiger partial charge in [0.15, 0.2) is 5.82 Å². The highest BCUT2D eigenvalue weighted by atomic mass is 32.1. The number of nitrogens with one attached hydrogen (secondary N) is 3. The molecule has 5 aromatic heterocycles. The molecule has 1 fully saturated rings. The lowest BCUT2D eigenvalue weighted by molar-refractivity contribution is 0.0851. The fourth-order valence-corrected chi connectivity index (χ4v) is 5.77. The number of H-pyrrole nitrogens is 2. The van der Waals surface area contributed by atoms with Crippen molar-refractivity contribution in [2.24, 2.45) is 5.92 Å². The number of aliphatic hydroxyl groups excluding tert-OH is 1. The second-order valence-electron chi connectivity index (χ2n) is 9.63. The third-order valence-electron chi connectivity index (χ3n) is 7.13. The van der Waals surface area contributed by atoms with Crippen molar-refractivity contribution in [2.45, 2.75) is 32.4 Å². The summed E-state index contributed by atoms with van der Waals surface area (Å²) in [6, 6.07) is 14.5. The molecule has 0 spiro atoms. The van der Waals surface area contributed by atoms with Gasteiger partial charge in [-0.15, -0.1) is 11.3 Å². The van der Waals surface area contributed by atoms with E-state index in [1.807, 2.05) is 18.2 Å². The second-order valence-corrected chi connectivity index (χ2v) is 10.9. The number of aliphatic hydroxyl groups is 1. The first-order valence-corrected chi connectivity index (χ1v) is 13.2. The number of aromatic amines is 2. The molecule has 1 aromatic carbocycles. The normalized spacial score (nSPS) is 14.8. The number of anilines is 1. The summed E-state index contributed by atoms with van der Waals surface area (Å²) in [6.45, 7) is 2.11. The number of rotatable bonds is 6. The van der Waals surface area contributed by atoms with Gasteiger partial charge in [-0.1, -0.05) is 18.6 Å². The molecule has 9 heteroatoms. The molecule has 1 unspecified atom stereocenters. The maximum absolute atomic E-state index is 10.4. The van der Waals surface area contributed by atoms with E-state index < -0.39 is 6.23 Å². The van der Waals surface area contributed by atoms with Gasteiger partial charge in [-0.25, -0.2) is 4.98 Å². The Kier molecular flexibility index (Phi) is 5.26. The number of nitrogens with zero attached hydrogens (tertiary/aromatic N) is 4. The van der Waals surface area contributed by atoms with Crippen molar-refractivity contribution in [3.63, 3.8) is 0 Å². The lowest BCUT2D eigenvalue weighted by atomic mass is 9.84. The quantitative estimate of drug-likeness (QED) is 0.202. The molecule has 8 nitrogen and oxygen atoms in total. The zero-order chi connectivity index (χ0) is 24.9. The second kappa shape index (κ2) is 8.79. The third-order valence-corrected chi connectivity index (χ3v) is 8.17. The van der Waals surface area contributed by atoms with Gasteiger partial charge >= 0.3 is 0 Å². The number of pyridine rings is 2. The Labute approximate surface area is 216 Å². The van der Waals surface area contributed by atoms with Crippen LogP contribution in [0, 0.1) is 12.8 Å². The van der Waals surface area contributed by atoms with Crippen LogP contribution in [0.3, 0.4) is 0 Å². The van der Waals surface area contributed by atoms with E-state index in [2.05, 4.69) is 61.7 Å². The fraction of sp³-hybridized carbons (Fsp3) is 0.214. The number of thiophene rings is 1. The highest BCUT2D eigenvalue weighted by molar-refractivity contribution is 7.15. The molecular formula is C28H25N7OS. The van der Waals surface area contributed by atoms with Gasteiger partial charge in [0.1, 0.15) is 11.9 Å². The Morgan fingerprint density at radius 2 is 2.00 bits per heavy atom. The van der Waals surface area contributed by atoms with E-state index in [1.165, 1.54) is 16.2 Å². The Morgan fingerprint density at radius 3 is 2.81 bits per heavy atom. The highest BCUT2D eigenvalue weighted by Crippen LogP contribution is 2.35. The Bertz CT molecular complexity index is 1750. The van der Waals surface area contributed by atoms with E-state index in [1.54, 1.807) is 29.9 Å². The summed E-state index contributed by atoms with van der Waals surface area (Å²) in [6.07, 6.45) is 8.03. The van der Waals surface area contributed by atoms with Crippen LogP contribution in [-0.4, -0.2) is 41.5 Å². The standard InChI is InChI=1S/C28H25N7OS/c1-15-8-9-24(37-15)19-6-3-7-21-25(19)33-27(32-21)26-20-11-22(30-14-23(20)34-35-26)17-10-18(13-29-12-17)31-28(36)16-4-2-5-16/h3,6-14,16,28,31,36H,2,4-5H2,1H3,(H,32,33)(H,34,35). The maximum Gasteiger partial charge on any atom is 0.159 e. The van der Waals surface area contributed by atoms with E-state index in [0.717, 1.165) is 63.0 Å².